The second kappa shape index (κ2) is 12.2. The SMILES string of the molecule is Cn1c2ccc1c(-c1ccccc1)c1nc(c(-c3ccccc3)c3ccc(s3)c(-c3ccccc3)c3nc(c2-c2ccccc2)C=C3)C=C1. The maximum absolute atomic E-state index is 5.42. The fraction of sp³-hybridized carbons (Fsp3) is 0.0222. The van der Waals surface area contributed by atoms with Crippen molar-refractivity contribution in [2.24, 2.45) is 7.05 Å². The molecule has 2 aliphatic rings. The van der Waals surface area contributed by atoms with Gasteiger partial charge in [0.1, 0.15) is 0 Å². The molecule has 3 nitrogen and oxygen atoms in total. The Bertz CT molecular complexity index is 2400. The van der Waals surface area contributed by atoms with E-state index >= 15 is 0 Å². The summed E-state index contributed by atoms with van der Waals surface area (Å²) in [6.07, 6.45) is 8.70. The molecule has 4 heteroatoms. The summed E-state index contributed by atoms with van der Waals surface area (Å²) in [5, 5.41) is 0. The zero-order valence-electron chi connectivity index (χ0n) is 26.9. The van der Waals surface area contributed by atoms with Gasteiger partial charge < -0.3 is 4.57 Å². The summed E-state index contributed by atoms with van der Waals surface area (Å²) in [4.78, 5) is 10.8. The number of benzene rings is 4. The molecule has 0 saturated heterocycles. The molecule has 0 radical (unpaired) electrons. The van der Waals surface area contributed by atoms with E-state index in [1.165, 1.54) is 0 Å². The Balaban J connectivity index is 1.51. The number of hydrogen-bond donors (Lipinski definition) is 0. The molecule has 0 fully saturated rings. The number of aromatic nitrogens is 3. The van der Waals surface area contributed by atoms with E-state index in [4.69, 9.17) is 9.97 Å². The molecule has 8 bridgehead atoms. The predicted octanol–water partition coefficient (Wildman–Crippen LogP) is 12.1. The standard InChI is InChI=1S/C45H31N3S/c1-48-38-26-27-39(48)43(31-16-8-3-9-17-31)35-23-25-37(47-35)45(33-20-12-5-13-21-33)41-29-28-40(49-41)44(32-18-10-4-11-19-32)36-24-22-34(46-36)42(38)30-14-6-2-7-15-30/h2-29H,1H3. The topological polar surface area (TPSA) is 30.7 Å². The minimum atomic E-state index is 0.942. The van der Waals surface area contributed by atoms with Gasteiger partial charge in [-0.05, 0) is 70.8 Å². The minimum absolute atomic E-state index is 0.942. The summed E-state index contributed by atoms with van der Waals surface area (Å²) in [7, 11) is 2.16. The summed E-state index contributed by atoms with van der Waals surface area (Å²) < 4.78 is 4.63. The van der Waals surface area contributed by atoms with Crippen molar-refractivity contribution < 1.29 is 0 Å². The van der Waals surface area contributed by atoms with Gasteiger partial charge in [0.05, 0.1) is 33.8 Å². The van der Waals surface area contributed by atoms with Crippen molar-refractivity contribution in [3.63, 3.8) is 0 Å². The predicted molar refractivity (Wildman–Crippen MR) is 209 cm³/mol. The van der Waals surface area contributed by atoms with Gasteiger partial charge in [-0.15, -0.1) is 11.3 Å². The Morgan fingerprint density at radius 2 is 0.673 bits per heavy atom. The van der Waals surface area contributed by atoms with Crippen LogP contribution in [0.2, 0.25) is 0 Å². The molecule has 232 valence electrons. The zero-order valence-corrected chi connectivity index (χ0v) is 27.7. The fourth-order valence-corrected chi connectivity index (χ4v) is 8.17. The molecule has 0 amide bonds. The number of rotatable bonds is 4. The van der Waals surface area contributed by atoms with Crippen LogP contribution in [0.4, 0.5) is 0 Å². The van der Waals surface area contributed by atoms with E-state index in [1.807, 2.05) is 0 Å². The van der Waals surface area contributed by atoms with Crippen molar-refractivity contribution in [2.45, 2.75) is 0 Å². The largest absolute Gasteiger partial charge is 0.343 e. The highest BCUT2D eigenvalue weighted by Crippen LogP contribution is 2.41. The average Bonchev–Trinajstić information content (AvgIpc) is 3.98. The highest BCUT2D eigenvalue weighted by Gasteiger charge is 2.19. The normalized spacial score (nSPS) is 12.0. The molecular weight excluding hydrogens is 615 g/mol. The molecule has 49 heavy (non-hydrogen) atoms. The van der Waals surface area contributed by atoms with Crippen LogP contribution in [0.5, 0.6) is 0 Å². The van der Waals surface area contributed by atoms with Crippen LogP contribution in [-0.2, 0) is 7.05 Å². The molecule has 0 saturated carbocycles. The Hall–Kier alpha value is -6.10. The average molecular weight is 646 g/mol. The van der Waals surface area contributed by atoms with E-state index in [9.17, 15) is 0 Å². The van der Waals surface area contributed by atoms with Crippen LogP contribution in [0.25, 0.3) is 89.2 Å². The molecule has 0 atom stereocenters. The van der Waals surface area contributed by atoms with Gasteiger partial charge in [-0.25, -0.2) is 9.97 Å². The first-order valence-electron chi connectivity index (χ1n) is 16.5. The van der Waals surface area contributed by atoms with Crippen LogP contribution in [0.15, 0.2) is 146 Å². The smallest absolute Gasteiger partial charge is 0.0737 e. The van der Waals surface area contributed by atoms with Gasteiger partial charge in [0.2, 0.25) is 0 Å². The van der Waals surface area contributed by atoms with Crippen LogP contribution >= 0.6 is 11.3 Å². The van der Waals surface area contributed by atoms with E-state index in [-0.39, 0.29) is 0 Å². The first kappa shape index (κ1) is 29.1. The molecule has 0 unspecified atom stereocenters. The van der Waals surface area contributed by atoms with Crippen molar-refractivity contribution in [3.05, 3.63) is 168 Å². The highest BCUT2D eigenvalue weighted by molar-refractivity contribution is 7.24. The van der Waals surface area contributed by atoms with Crippen LogP contribution in [0.1, 0.15) is 22.8 Å². The lowest BCUT2D eigenvalue weighted by Crippen LogP contribution is -1.94. The first-order chi connectivity index (χ1) is 24.2. The quantitative estimate of drug-likeness (QED) is 0.191. The van der Waals surface area contributed by atoms with E-state index < -0.39 is 0 Å². The van der Waals surface area contributed by atoms with Gasteiger partial charge in [0.15, 0.2) is 0 Å². The fourth-order valence-electron chi connectivity index (χ4n) is 7.01. The van der Waals surface area contributed by atoms with Gasteiger partial charge in [0.25, 0.3) is 0 Å². The minimum Gasteiger partial charge on any atom is -0.343 e. The lowest BCUT2D eigenvalue weighted by molar-refractivity contribution is 1.01. The van der Waals surface area contributed by atoms with E-state index in [0.717, 1.165) is 87.7 Å². The van der Waals surface area contributed by atoms with E-state index in [1.54, 1.807) is 11.3 Å². The monoisotopic (exact) mass is 645 g/mol. The second-order valence-electron chi connectivity index (χ2n) is 12.2. The Morgan fingerprint density at radius 3 is 1.02 bits per heavy atom. The molecule has 0 spiro atoms. The van der Waals surface area contributed by atoms with Gasteiger partial charge in [0, 0.05) is 38.7 Å². The third kappa shape index (κ3) is 5.14. The second-order valence-corrected chi connectivity index (χ2v) is 13.3. The molecule has 3 aromatic heterocycles. The van der Waals surface area contributed by atoms with E-state index in [2.05, 4.69) is 182 Å². The van der Waals surface area contributed by atoms with Crippen molar-refractivity contribution >= 4 is 56.1 Å². The van der Waals surface area contributed by atoms with Crippen LogP contribution in [-0.4, -0.2) is 14.5 Å². The first-order valence-corrected chi connectivity index (χ1v) is 17.3. The third-order valence-electron chi connectivity index (χ3n) is 9.29. The van der Waals surface area contributed by atoms with Crippen LogP contribution in [0, 0.1) is 0 Å². The van der Waals surface area contributed by atoms with Crippen LogP contribution in [0.3, 0.4) is 0 Å². The lowest BCUT2D eigenvalue weighted by atomic mass is 10.0. The molecular formula is C45H31N3S. The van der Waals surface area contributed by atoms with Gasteiger partial charge in [-0.1, -0.05) is 121 Å². The molecule has 2 aliphatic heterocycles. The van der Waals surface area contributed by atoms with Crippen molar-refractivity contribution in [1.82, 2.24) is 14.5 Å². The molecule has 4 aromatic carbocycles. The van der Waals surface area contributed by atoms with Gasteiger partial charge in [-0.2, -0.15) is 0 Å². The number of fused-ring (bicyclic) bond motifs is 8. The molecule has 5 heterocycles. The third-order valence-corrected chi connectivity index (χ3v) is 10.4. The van der Waals surface area contributed by atoms with Crippen molar-refractivity contribution in [2.75, 3.05) is 0 Å². The maximum atomic E-state index is 5.42. The number of thiophene rings is 1. The maximum Gasteiger partial charge on any atom is 0.0737 e. The molecule has 9 rings (SSSR count). The lowest BCUT2D eigenvalue weighted by Gasteiger charge is -2.10. The van der Waals surface area contributed by atoms with E-state index in [0.29, 0.717) is 0 Å². The van der Waals surface area contributed by atoms with Gasteiger partial charge >= 0.3 is 0 Å². The Morgan fingerprint density at radius 1 is 0.367 bits per heavy atom. The summed E-state index contributed by atoms with van der Waals surface area (Å²) in [6, 6.07) is 51.4. The Kier molecular flexibility index (Phi) is 7.22. The van der Waals surface area contributed by atoms with Crippen LogP contribution < -0.4 is 0 Å². The van der Waals surface area contributed by atoms with Crippen molar-refractivity contribution in [1.29, 1.82) is 0 Å². The summed E-state index contributed by atoms with van der Waals surface area (Å²) >= 11 is 1.79. The summed E-state index contributed by atoms with van der Waals surface area (Å²) in [5.74, 6) is 0. The summed E-state index contributed by atoms with van der Waals surface area (Å²) in [5.41, 5.74) is 14.9. The molecule has 0 N–H and O–H groups in total. The number of hydrogen-bond acceptors (Lipinski definition) is 3. The Labute approximate surface area is 289 Å². The zero-order chi connectivity index (χ0) is 32.7. The molecule has 7 aromatic rings. The number of aryl methyl sites for hydroxylation is 1. The van der Waals surface area contributed by atoms with Crippen molar-refractivity contribution in [3.8, 4) is 44.5 Å². The molecule has 0 aliphatic carbocycles. The highest BCUT2D eigenvalue weighted by atomic mass is 32.1. The number of nitrogens with zero attached hydrogens (tertiary/aromatic N) is 3. The summed E-state index contributed by atoms with van der Waals surface area (Å²) in [6.45, 7) is 0. The van der Waals surface area contributed by atoms with Gasteiger partial charge in [-0.3, -0.25) is 0 Å².